The predicted octanol–water partition coefficient (Wildman–Crippen LogP) is 4.61. The summed E-state index contributed by atoms with van der Waals surface area (Å²) in [5, 5.41) is 2.93. The maximum atomic E-state index is 11.7. The number of hydrogen-bond donors (Lipinski definition) is 1. The first-order chi connectivity index (χ1) is 7.65. The monoisotopic (exact) mass is 479 g/mol. The largest absolute Gasteiger partial charge is 0.351 e. The van der Waals surface area contributed by atoms with Crippen molar-refractivity contribution in [3.63, 3.8) is 0 Å². The molecule has 16 heavy (non-hydrogen) atoms. The third kappa shape index (κ3) is 5.01. The molecule has 0 fully saturated rings. The van der Waals surface area contributed by atoms with Crippen LogP contribution in [-0.2, 0) is 0 Å². The summed E-state index contributed by atoms with van der Waals surface area (Å²) in [4.78, 5) is 12.4. The molecule has 0 aliphatic heterocycles. The van der Waals surface area contributed by atoms with E-state index in [9.17, 15) is 4.79 Å². The van der Waals surface area contributed by atoms with Crippen molar-refractivity contribution in [2.45, 2.75) is 19.3 Å². The Balaban J connectivity index is 2.30. The first-order valence-corrected chi connectivity index (χ1v) is 8.87. The average Bonchev–Trinajstić information content (AvgIpc) is 2.59. The van der Waals surface area contributed by atoms with Gasteiger partial charge in [0.15, 0.2) is 0 Å². The minimum absolute atomic E-state index is 0.0193. The first kappa shape index (κ1) is 14.9. The molecule has 1 heterocycles. The van der Waals surface area contributed by atoms with Gasteiger partial charge in [0.2, 0.25) is 0 Å². The highest BCUT2D eigenvalue weighted by Gasteiger charge is 2.10. The number of unbranched alkanes of at least 4 members (excludes halogenated alkanes) is 2. The van der Waals surface area contributed by atoms with Gasteiger partial charge in [-0.25, -0.2) is 0 Å². The van der Waals surface area contributed by atoms with Gasteiger partial charge in [0.25, 0.3) is 5.91 Å². The molecule has 2 nitrogen and oxygen atoms in total. The predicted molar refractivity (Wildman–Crippen MR) is 84.8 cm³/mol. The molecule has 0 aromatic carbocycles. The van der Waals surface area contributed by atoms with Crippen LogP contribution in [0.2, 0.25) is 0 Å². The van der Waals surface area contributed by atoms with E-state index in [2.05, 4.69) is 59.8 Å². The zero-order chi connectivity index (χ0) is 12.0. The van der Waals surface area contributed by atoms with Gasteiger partial charge in [-0.1, -0.05) is 29.0 Å². The molecule has 0 bridgehead atoms. The molecule has 1 N–H and O–H groups in total. The Hall–Kier alpha value is 0.860. The first-order valence-electron chi connectivity index (χ1n) is 4.94. The highest BCUT2D eigenvalue weighted by Crippen LogP contribution is 2.32. The molecule has 1 rings (SSSR count). The lowest BCUT2D eigenvalue weighted by Crippen LogP contribution is -2.23. The zero-order valence-corrected chi connectivity index (χ0v) is 14.7. The molecule has 0 atom stereocenters. The average molecular weight is 481 g/mol. The number of halogens is 3. The molecule has 6 heteroatoms. The Labute approximate surface area is 130 Å². The van der Waals surface area contributed by atoms with E-state index < -0.39 is 0 Å². The number of carbonyl (C=O) groups excluding carboxylic acids is 1. The zero-order valence-electron chi connectivity index (χ0n) is 8.56. The van der Waals surface area contributed by atoms with Gasteiger partial charge in [-0.2, -0.15) is 0 Å². The molecule has 0 saturated carbocycles. The maximum absolute atomic E-state index is 11.7. The Kier molecular flexibility index (Phi) is 7.50. The summed E-state index contributed by atoms with van der Waals surface area (Å²) >= 11 is 10.6. The van der Waals surface area contributed by atoms with Crippen LogP contribution in [0.5, 0.6) is 0 Å². The van der Waals surface area contributed by atoms with Crippen molar-refractivity contribution in [2.24, 2.45) is 0 Å². The second-order valence-electron chi connectivity index (χ2n) is 3.24. The van der Waals surface area contributed by atoms with E-state index in [1.165, 1.54) is 28.6 Å². The molecule has 0 aliphatic rings. The van der Waals surface area contributed by atoms with E-state index in [0.29, 0.717) is 0 Å². The summed E-state index contributed by atoms with van der Waals surface area (Å²) in [6, 6.07) is 1.84. The highest BCUT2D eigenvalue weighted by atomic mass is 127. The molecule has 90 valence electrons. The van der Waals surface area contributed by atoms with Gasteiger partial charge in [-0.3, -0.25) is 4.79 Å². The SMILES string of the molecule is O=C(NCCCCCI)c1cc(Br)c(Br)s1. The Morgan fingerprint density at radius 1 is 1.38 bits per heavy atom. The van der Waals surface area contributed by atoms with E-state index in [-0.39, 0.29) is 5.91 Å². The number of amides is 1. The van der Waals surface area contributed by atoms with E-state index in [0.717, 1.165) is 26.1 Å². The van der Waals surface area contributed by atoms with E-state index in [4.69, 9.17) is 0 Å². The fraction of sp³-hybridized carbons (Fsp3) is 0.500. The number of rotatable bonds is 6. The highest BCUT2D eigenvalue weighted by molar-refractivity contribution is 14.1. The third-order valence-electron chi connectivity index (χ3n) is 1.96. The Morgan fingerprint density at radius 2 is 2.12 bits per heavy atom. The normalized spacial score (nSPS) is 10.4. The fourth-order valence-electron chi connectivity index (χ4n) is 1.14. The van der Waals surface area contributed by atoms with Crippen LogP contribution in [-0.4, -0.2) is 16.9 Å². The number of thiophene rings is 1. The van der Waals surface area contributed by atoms with Crippen LogP contribution in [0.4, 0.5) is 0 Å². The Morgan fingerprint density at radius 3 is 2.69 bits per heavy atom. The lowest BCUT2D eigenvalue weighted by Gasteiger charge is -2.02. The van der Waals surface area contributed by atoms with Gasteiger partial charge in [-0.05, 0) is 55.2 Å². The summed E-state index contributed by atoms with van der Waals surface area (Å²) in [5.41, 5.74) is 0. The molecule has 0 unspecified atom stereocenters. The van der Waals surface area contributed by atoms with Crippen LogP contribution in [0.25, 0.3) is 0 Å². The van der Waals surface area contributed by atoms with E-state index in [1.807, 2.05) is 6.07 Å². The summed E-state index contributed by atoms with van der Waals surface area (Å²) in [6.07, 6.45) is 3.47. The van der Waals surface area contributed by atoms with Crippen molar-refractivity contribution in [2.75, 3.05) is 11.0 Å². The van der Waals surface area contributed by atoms with Crippen molar-refractivity contribution in [1.29, 1.82) is 0 Å². The third-order valence-corrected chi connectivity index (χ3v) is 5.98. The molecule has 0 radical (unpaired) electrons. The standard InChI is InChI=1S/C10H12Br2INOS/c11-7-6-8(16-9(7)12)10(15)14-5-3-1-2-4-13/h6H,1-5H2,(H,14,15). The number of alkyl halides is 1. The number of nitrogens with one attached hydrogen (secondary N) is 1. The summed E-state index contributed by atoms with van der Waals surface area (Å²) < 4.78 is 3.09. The summed E-state index contributed by atoms with van der Waals surface area (Å²) in [7, 11) is 0. The molecule has 0 spiro atoms. The van der Waals surface area contributed by atoms with Crippen LogP contribution in [0.15, 0.2) is 14.3 Å². The van der Waals surface area contributed by atoms with Gasteiger partial charge in [0, 0.05) is 11.0 Å². The minimum Gasteiger partial charge on any atom is -0.351 e. The van der Waals surface area contributed by atoms with Crippen molar-refractivity contribution in [3.8, 4) is 0 Å². The lowest BCUT2D eigenvalue weighted by atomic mass is 10.2. The molecule has 0 saturated heterocycles. The molecule has 1 amide bonds. The maximum Gasteiger partial charge on any atom is 0.261 e. The van der Waals surface area contributed by atoms with Crippen LogP contribution >= 0.6 is 65.8 Å². The van der Waals surface area contributed by atoms with Crippen LogP contribution in [0, 0.1) is 0 Å². The topological polar surface area (TPSA) is 29.1 Å². The second-order valence-corrected chi connectivity index (χ2v) is 7.54. The van der Waals surface area contributed by atoms with Crippen molar-refractivity contribution in [1.82, 2.24) is 5.32 Å². The van der Waals surface area contributed by atoms with Gasteiger partial charge in [-0.15, -0.1) is 11.3 Å². The molecule has 1 aromatic rings. The van der Waals surface area contributed by atoms with Gasteiger partial charge < -0.3 is 5.32 Å². The molecule has 1 aromatic heterocycles. The van der Waals surface area contributed by atoms with Gasteiger partial charge in [0.05, 0.1) is 8.66 Å². The van der Waals surface area contributed by atoms with Crippen LogP contribution < -0.4 is 5.32 Å². The summed E-state index contributed by atoms with van der Waals surface area (Å²) in [5.74, 6) is 0.0193. The van der Waals surface area contributed by atoms with Gasteiger partial charge in [0.1, 0.15) is 0 Å². The van der Waals surface area contributed by atoms with E-state index >= 15 is 0 Å². The fourth-order valence-corrected chi connectivity index (χ4v) is 3.64. The van der Waals surface area contributed by atoms with Crippen molar-refractivity contribution < 1.29 is 4.79 Å². The minimum atomic E-state index is 0.0193. The smallest absolute Gasteiger partial charge is 0.261 e. The lowest BCUT2D eigenvalue weighted by molar-refractivity contribution is 0.0957. The van der Waals surface area contributed by atoms with Gasteiger partial charge >= 0.3 is 0 Å². The quantitative estimate of drug-likeness (QED) is 0.359. The molecular weight excluding hydrogens is 469 g/mol. The summed E-state index contributed by atoms with van der Waals surface area (Å²) in [6.45, 7) is 0.766. The van der Waals surface area contributed by atoms with Crippen LogP contribution in [0.1, 0.15) is 28.9 Å². The number of hydrogen-bond acceptors (Lipinski definition) is 2. The Bertz CT molecular complexity index is 337. The number of carbonyl (C=O) groups is 1. The molecule has 0 aliphatic carbocycles. The van der Waals surface area contributed by atoms with Crippen LogP contribution in [0.3, 0.4) is 0 Å². The second kappa shape index (κ2) is 8.05. The van der Waals surface area contributed by atoms with Crippen molar-refractivity contribution >= 4 is 71.7 Å². The molecular formula is C10H12Br2INOS. The van der Waals surface area contributed by atoms with E-state index in [1.54, 1.807) is 0 Å². The van der Waals surface area contributed by atoms with Crippen molar-refractivity contribution in [3.05, 3.63) is 19.2 Å².